The Morgan fingerprint density at radius 3 is 2.40 bits per heavy atom. The van der Waals surface area contributed by atoms with Gasteiger partial charge in [-0.1, -0.05) is 36.4 Å². The molecule has 2 aromatic rings. The van der Waals surface area contributed by atoms with Gasteiger partial charge in [0, 0.05) is 23.6 Å². The summed E-state index contributed by atoms with van der Waals surface area (Å²) in [6.07, 6.45) is 0. The lowest BCUT2D eigenvalue weighted by atomic mass is 10.1. The molecule has 2 nitrogen and oxygen atoms in total. The molecule has 2 N–H and O–H groups in total. The van der Waals surface area contributed by atoms with Gasteiger partial charge in [-0.3, -0.25) is 0 Å². The fraction of sp³-hybridized carbons (Fsp3) is 0.294. The standard InChI is InChI=1S/C17H21BrN2/c1-3-20(12-14-7-5-4-6-8-14)17-10-9-15(13(2)19)11-16(17)18/h4-11,13H,3,12,19H2,1-2H3. The maximum atomic E-state index is 5.93. The van der Waals surface area contributed by atoms with Crippen LogP contribution in [0.25, 0.3) is 0 Å². The molecule has 0 saturated heterocycles. The highest BCUT2D eigenvalue weighted by atomic mass is 79.9. The zero-order valence-electron chi connectivity index (χ0n) is 12.0. The summed E-state index contributed by atoms with van der Waals surface area (Å²) in [5.74, 6) is 0. The van der Waals surface area contributed by atoms with Crippen molar-refractivity contribution in [1.82, 2.24) is 0 Å². The number of hydrogen-bond donors (Lipinski definition) is 1. The predicted molar refractivity (Wildman–Crippen MR) is 89.9 cm³/mol. The summed E-state index contributed by atoms with van der Waals surface area (Å²) in [6.45, 7) is 6.05. The van der Waals surface area contributed by atoms with E-state index in [9.17, 15) is 0 Å². The molecule has 0 bridgehead atoms. The van der Waals surface area contributed by atoms with Crippen molar-refractivity contribution in [2.45, 2.75) is 26.4 Å². The summed E-state index contributed by atoms with van der Waals surface area (Å²) >= 11 is 3.67. The Balaban J connectivity index is 2.23. The largest absolute Gasteiger partial charge is 0.367 e. The van der Waals surface area contributed by atoms with E-state index in [1.54, 1.807) is 0 Å². The molecule has 0 aliphatic heterocycles. The maximum absolute atomic E-state index is 5.93. The lowest BCUT2D eigenvalue weighted by Crippen LogP contribution is -2.22. The molecule has 2 rings (SSSR count). The van der Waals surface area contributed by atoms with Crippen LogP contribution in [0.1, 0.15) is 31.0 Å². The number of rotatable bonds is 5. The SMILES string of the molecule is CCN(Cc1ccccc1)c1ccc(C(C)N)cc1Br. The third kappa shape index (κ3) is 3.62. The van der Waals surface area contributed by atoms with E-state index in [1.807, 2.05) is 13.0 Å². The van der Waals surface area contributed by atoms with Crippen LogP contribution in [-0.2, 0) is 6.54 Å². The lowest BCUT2D eigenvalue weighted by molar-refractivity contribution is 0.808. The molecule has 0 amide bonds. The van der Waals surface area contributed by atoms with E-state index in [0.29, 0.717) is 0 Å². The smallest absolute Gasteiger partial charge is 0.0513 e. The van der Waals surface area contributed by atoms with Crippen LogP contribution in [0.5, 0.6) is 0 Å². The van der Waals surface area contributed by atoms with Crippen LogP contribution in [0.3, 0.4) is 0 Å². The first-order valence-corrected chi connectivity index (χ1v) is 7.75. The van der Waals surface area contributed by atoms with E-state index in [2.05, 4.69) is 70.2 Å². The van der Waals surface area contributed by atoms with Crippen LogP contribution in [0, 0.1) is 0 Å². The van der Waals surface area contributed by atoms with Crippen molar-refractivity contribution >= 4 is 21.6 Å². The van der Waals surface area contributed by atoms with Crippen molar-refractivity contribution in [3.8, 4) is 0 Å². The van der Waals surface area contributed by atoms with Crippen LogP contribution >= 0.6 is 15.9 Å². The highest BCUT2D eigenvalue weighted by Crippen LogP contribution is 2.30. The maximum Gasteiger partial charge on any atom is 0.0513 e. The minimum atomic E-state index is 0.0598. The van der Waals surface area contributed by atoms with Gasteiger partial charge in [-0.05, 0) is 53.0 Å². The number of hydrogen-bond acceptors (Lipinski definition) is 2. The summed E-state index contributed by atoms with van der Waals surface area (Å²) in [7, 11) is 0. The topological polar surface area (TPSA) is 29.3 Å². The van der Waals surface area contributed by atoms with Gasteiger partial charge in [0.2, 0.25) is 0 Å². The third-order valence-corrected chi connectivity index (χ3v) is 4.07. The molecule has 0 fully saturated rings. The Morgan fingerprint density at radius 2 is 1.85 bits per heavy atom. The lowest BCUT2D eigenvalue weighted by Gasteiger charge is -2.25. The van der Waals surface area contributed by atoms with E-state index < -0.39 is 0 Å². The predicted octanol–water partition coefficient (Wildman–Crippen LogP) is 4.50. The molecule has 0 heterocycles. The van der Waals surface area contributed by atoms with E-state index in [0.717, 1.165) is 23.1 Å². The van der Waals surface area contributed by atoms with Gasteiger partial charge in [-0.15, -0.1) is 0 Å². The fourth-order valence-electron chi connectivity index (χ4n) is 2.23. The zero-order chi connectivity index (χ0) is 14.5. The first kappa shape index (κ1) is 15.1. The Kier molecular flexibility index (Phi) is 5.21. The number of nitrogens with zero attached hydrogens (tertiary/aromatic N) is 1. The molecule has 1 atom stereocenters. The van der Waals surface area contributed by atoms with Gasteiger partial charge in [-0.2, -0.15) is 0 Å². The van der Waals surface area contributed by atoms with Gasteiger partial charge in [0.1, 0.15) is 0 Å². The molecule has 20 heavy (non-hydrogen) atoms. The molecular weight excluding hydrogens is 312 g/mol. The van der Waals surface area contributed by atoms with E-state index in [4.69, 9.17) is 5.73 Å². The Labute approximate surface area is 129 Å². The number of benzene rings is 2. The van der Waals surface area contributed by atoms with Crippen molar-refractivity contribution in [3.63, 3.8) is 0 Å². The molecule has 2 aromatic carbocycles. The second-order valence-corrected chi connectivity index (χ2v) is 5.85. The molecule has 0 radical (unpaired) electrons. The number of nitrogens with two attached hydrogens (primary N) is 1. The van der Waals surface area contributed by atoms with Gasteiger partial charge in [0.05, 0.1) is 5.69 Å². The molecule has 0 spiro atoms. The van der Waals surface area contributed by atoms with Crippen molar-refractivity contribution in [3.05, 3.63) is 64.1 Å². The summed E-state index contributed by atoms with van der Waals surface area (Å²) in [5, 5.41) is 0. The highest BCUT2D eigenvalue weighted by Gasteiger charge is 2.10. The van der Waals surface area contributed by atoms with Crippen molar-refractivity contribution in [2.24, 2.45) is 5.73 Å². The molecule has 106 valence electrons. The number of halogens is 1. The molecule has 0 aliphatic rings. The minimum absolute atomic E-state index is 0.0598. The second kappa shape index (κ2) is 6.91. The molecular formula is C17H21BrN2. The van der Waals surface area contributed by atoms with E-state index >= 15 is 0 Å². The van der Waals surface area contributed by atoms with Crippen LogP contribution in [0.15, 0.2) is 53.0 Å². The molecule has 1 unspecified atom stereocenters. The van der Waals surface area contributed by atoms with E-state index in [-0.39, 0.29) is 6.04 Å². The second-order valence-electron chi connectivity index (χ2n) is 5.00. The average molecular weight is 333 g/mol. The highest BCUT2D eigenvalue weighted by molar-refractivity contribution is 9.10. The first-order valence-electron chi connectivity index (χ1n) is 6.95. The van der Waals surface area contributed by atoms with Crippen LogP contribution < -0.4 is 10.6 Å². The van der Waals surface area contributed by atoms with Gasteiger partial charge in [0.25, 0.3) is 0 Å². The first-order chi connectivity index (χ1) is 9.61. The van der Waals surface area contributed by atoms with Crippen LogP contribution in [-0.4, -0.2) is 6.54 Å². The van der Waals surface area contributed by atoms with Gasteiger partial charge in [0.15, 0.2) is 0 Å². The minimum Gasteiger partial charge on any atom is -0.367 e. The average Bonchev–Trinajstić information content (AvgIpc) is 2.46. The Hall–Kier alpha value is -1.32. The monoisotopic (exact) mass is 332 g/mol. The normalized spacial score (nSPS) is 12.2. The Morgan fingerprint density at radius 1 is 1.15 bits per heavy atom. The van der Waals surface area contributed by atoms with Crippen LogP contribution in [0.4, 0.5) is 5.69 Å². The number of anilines is 1. The van der Waals surface area contributed by atoms with E-state index in [1.165, 1.54) is 11.3 Å². The van der Waals surface area contributed by atoms with Crippen molar-refractivity contribution in [2.75, 3.05) is 11.4 Å². The molecule has 0 saturated carbocycles. The zero-order valence-corrected chi connectivity index (χ0v) is 13.6. The summed E-state index contributed by atoms with van der Waals surface area (Å²) in [6, 6.07) is 17.0. The van der Waals surface area contributed by atoms with Crippen LogP contribution in [0.2, 0.25) is 0 Å². The summed E-state index contributed by atoms with van der Waals surface area (Å²) in [4.78, 5) is 2.35. The van der Waals surface area contributed by atoms with Crippen molar-refractivity contribution < 1.29 is 0 Å². The van der Waals surface area contributed by atoms with Gasteiger partial charge in [-0.25, -0.2) is 0 Å². The fourth-order valence-corrected chi connectivity index (χ4v) is 2.88. The third-order valence-electron chi connectivity index (χ3n) is 3.44. The Bertz CT molecular complexity index is 552. The summed E-state index contributed by atoms with van der Waals surface area (Å²) < 4.78 is 1.10. The summed E-state index contributed by atoms with van der Waals surface area (Å²) in [5.41, 5.74) is 9.61. The molecule has 3 heteroatoms. The quantitative estimate of drug-likeness (QED) is 0.873. The molecule has 0 aromatic heterocycles. The molecule has 0 aliphatic carbocycles. The van der Waals surface area contributed by atoms with Gasteiger partial charge < -0.3 is 10.6 Å². The van der Waals surface area contributed by atoms with Crippen molar-refractivity contribution in [1.29, 1.82) is 0 Å². The van der Waals surface area contributed by atoms with Gasteiger partial charge >= 0.3 is 0 Å².